The average molecular weight is 462 g/mol. The molecule has 1 aliphatic rings. The molecule has 2 heterocycles. The minimum Gasteiger partial charge on any atom is -0.507 e. The van der Waals surface area contributed by atoms with Crippen molar-refractivity contribution < 1.29 is 19.4 Å². The van der Waals surface area contributed by atoms with Crippen molar-refractivity contribution in [3.8, 4) is 5.75 Å². The SMILES string of the molecule is CCCOc1ccc(/C(O)=C2/C(=O)C(=O)N(c3ccc(C)c(C)c3)C2c2sccc2C)cc1. The van der Waals surface area contributed by atoms with Crippen molar-refractivity contribution in [1.82, 2.24) is 0 Å². The van der Waals surface area contributed by atoms with Crippen LogP contribution < -0.4 is 9.64 Å². The second kappa shape index (κ2) is 9.24. The highest BCUT2D eigenvalue weighted by molar-refractivity contribution is 7.10. The Labute approximate surface area is 197 Å². The monoisotopic (exact) mass is 461 g/mol. The van der Waals surface area contributed by atoms with Gasteiger partial charge in [0.05, 0.1) is 12.2 Å². The van der Waals surface area contributed by atoms with Gasteiger partial charge in [0.15, 0.2) is 0 Å². The Morgan fingerprint density at radius 2 is 1.73 bits per heavy atom. The summed E-state index contributed by atoms with van der Waals surface area (Å²) in [4.78, 5) is 28.9. The molecule has 0 radical (unpaired) electrons. The van der Waals surface area contributed by atoms with E-state index in [1.807, 2.05) is 57.3 Å². The summed E-state index contributed by atoms with van der Waals surface area (Å²) in [5.74, 6) is -0.815. The minimum absolute atomic E-state index is 0.103. The number of aryl methyl sites for hydroxylation is 3. The van der Waals surface area contributed by atoms with E-state index in [0.717, 1.165) is 28.0 Å². The van der Waals surface area contributed by atoms with E-state index in [2.05, 4.69) is 0 Å². The number of ether oxygens (including phenoxy) is 1. The molecular formula is C27H27NO4S. The van der Waals surface area contributed by atoms with Crippen LogP contribution in [0.3, 0.4) is 0 Å². The summed E-state index contributed by atoms with van der Waals surface area (Å²) in [7, 11) is 0. The van der Waals surface area contributed by atoms with Gasteiger partial charge in [0.25, 0.3) is 11.7 Å². The van der Waals surface area contributed by atoms with Gasteiger partial charge in [0, 0.05) is 16.1 Å². The van der Waals surface area contributed by atoms with E-state index < -0.39 is 17.7 Å². The van der Waals surface area contributed by atoms with Gasteiger partial charge >= 0.3 is 0 Å². The summed E-state index contributed by atoms with van der Waals surface area (Å²) in [6, 6.07) is 13.9. The second-order valence-electron chi connectivity index (χ2n) is 8.28. The lowest BCUT2D eigenvalue weighted by Crippen LogP contribution is -2.29. The molecule has 2 aromatic carbocycles. The number of thiophene rings is 1. The third kappa shape index (κ3) is 4.18. The predicted octanol–water partition coefficient (Wildman–Crippen LogP) is 6.09. The van der Waals surface area contributed by atoms with Crippen LogP contribution in [0, 0.1) is 20.8 Å². The van der Waals surface area contributed by atoms with Gasteiger partial charge in [-0.1, -0.05) is 13.0 Å². The zero-order valence-electron chi connectivity index (χ0n) is 19.2. The molecule has 0 aliphatic carbocycles. The van der Waals surface area contributed by atoms with Crippen LogP contribution >= 0.6 is 11.3 Å². The van der Waals surface area contributed by atoms with Crippen LogP contribution in [0.4, 0.5) is 5.69 Å². The lowest BCUT2D eigenvalue weighted by atomic mass is 9.98. The Morgan fingerprint density at radius 1 is 1.00 bits per heavy atom. The van der Waals surface area contributed by atoms with E-state index in [4.69, 9.17) is 4.74 Å². The first-order chi connectivity index (χ1) is 15.8. The highest BCUT2D eigenvalue weighted by atomic mass is 32.1. The molecular weight excluding hydrogens is 434 g/mol. The van der Waals surface area contributed by atoms with Gasteiger partial charge in [-0.05, 0) is 91.7 Å². The molecule has 170 valence electrons. The number of amides is 1. The number of nitrogens with zero attached hydrogens (tertiary/aromatic N) is 1. The van der Waals surface area contributed by atoms with Gasteiger partial charge < -0.3 is 9.84 Å². The number of hydrogen-bond donors (Lipinski definition) is 1. The Kier molecular flexibility index (Phi) is 6.38. The largest absolute Gasteiger partial charge is 0.507 e. The molecule has 1 aromatic heterocycles. The smallest absolute Gasteiger partial charge is 0.300 e. The molecule has 0 bridgehead atoms. The van der Waals surface area contributed by atoms with Crippen molar-refractivity contribution in [1.29, 1.82) is 0 Å². The van der Waals surface area contributed by atoms with Crippen LogP contribution in [0.25, 0.3) is 5.76 Å². The third-order valence-electron chi connectivity index (χ3n) is 5.96. The lowest BCUT2D eigenvalue weighted by molar-refractivity contribution is -0.132. The van der Waals surface area contributed by atoms with E-state index in [1.54, 1.807) is 24.3 Å². The number of rotatable bonds is 6. The summed E-state index contributed by atoms with van der Waals surface area (Å²) < 4.78 is 5.62. The molecule has 1 aliphatic heterocycles. The predicted molar refractivity (Wildman–Crippen MR) is 132 cm³/mol. The first kappa shape index (κ1) is 22.8. The maximum absolute atomic E-state index is 13.3. The van der Waals surface area contributed by atoms with Crippen molar-refractivity contribution in [2.45, 2.75) is 40.2 Å². The Morgan fingerprint density at radius 3 is 2.33 bits per heavy atom. The quantitative estimate of drug-likeness (QED) is 0.274. The Bertz CT molecular complexity index is 1240. The third-order valence-corrected chi connectivity index (χ3v) is 7.04. The number of aliphatic hydroxyl groups excluding tert-OH is 1. The first-order valence-corrected chi connectivity index (χ1v) is 11.9. The highest BCUT2D eigenvalue weighted by Gasteiger charge is 2.48. The number of carbonyl (C=O) groups is 2. The van der Waals surface area contributed by atoms with Gasteiger partial charge in [-0.3, -0.25) is 14.5 Å². The summed E-state index contributed by atoms with van der Waals surface area (Å²) in [5.41, 5.74) is 4.31. The van der Waals surface area contributed by atoms with E-state index >= 15 is 0 Å². The topological polar surface area (TPSA) is 66.8 Å². The van der Waals surface area contributed by atoms with E-state index in [0.29, 0.717) is 23.6 Å². The molecule has 4 rings (SSSR count). The molecule has 1 saturated heterocycles. The van der Waals surface area contributed by atoms with Gasteiger partial charge in [-0.15, -0.1) is 11.3 Å². The highest BCUT2D eigenvalue weighted by Crippen LogP contribution is 2.45. The fourth-order valence-electron chi connectivity index (χ4n) is 3.97. The Hall–Kier alpha value is -3.38. The van der Waals surface area contributed by atoms with Crippen molar-refractivity contribution >= 4 is 34.5 Å². The summed E-state index contributed by atoms with van der Waals surface area (Å²) in [5, 5.41) is 13.2. The first-order valence-electron chi connectivity index (χ1n) is 11.0. The molecule has 3 aromatic rings. The van der Waals surface area contributed by atoms with E-state index in [1.165, 1.54) is 16.2 Å². The Balaban J connectivity index is 1.85. The number of hydrogen-bond acceptors (Lipinski definition) is 5. The normalized spacial score (nSPS) is 17.6. The molecule has 5 nitrogen and oxygen atoms in total. The number of carbonyl (C=O) groups excluding carboxylic acids is 2. The molecule has 0 saturated carbocycles. The van der Waals surface area contributed by atoms with Gasteiger partial charge in [0.1, 0.15) is 17.6 Å². The van der Waals surface area contributed by atoms with Crippen LogP contribution in [0.2, 0.25) is 0 Å². The number of benzene rings is 2. The maximum atomic E-state index is 13.3. The molecule has 0 spiro atoms. The van der Waals surface area contributed by atoms with Crippen molar-refractivity contribution in [2.75, 3.05) is 11.5 Å². The van der Waals surface area contributed by atoms with Gasteiger partial charge in [-0.25, -0.2) is 0 Å². The molecule has 1 N–H and O–H groups in total. The molecule has 1 amide bonds. The number of ketones is 1. The summed E-state index contributed by atoms with van der Waals surface area (Å²) >= 11 is 1.47. The zero-order valence-corrected chi connectivity index (χ0v) is 20.0. The molecule has 1 fully saturated rings. The molecule has 6 heteroatoms. The molecule has 33 heavy (non-hydrogen) atoms. The summed E-state index contributed by atoms with van der Waals surface area (Å²) in [6.45, 7) is 8.56. The minimum atomic E-state index is -0.692. The van der Waals surface area contributed by atoms with Crippen LogP contribution in [-0.4, -0.2) is 23.4 Å². The molecule has 1 unspecified atom stereocenters. The maximum Gasteiger partial charge on any atom is 0.300 e. The van der Waals surface area contributed by atoms with E-state index in [9.17, 15) is 14.7 Å². The number of anilines is 1. The van der Waals surface area contributed by atoms with Crippen molar-refractivity contribution in [2.24, 2.45) is 0 Å². The molecule has 1 atom stereocenters. The second-order valence-corrected chi connectivity index (χ2v) is 9.23. The van der Waals surface area contributed by atoms with Gasteiger partial charge in [0.2, 0.25) is 0 Å². The van der Waals surface area contributed by atoms with Crippen molar-refractivity contribution in [3.63, 3.8) is 0 Å². The lowest BCUT2D eigenvalue weighted by Gasteiger charge is -2.25. The standard InChI is InChI=1S/C27H27NO4S/c1-5-13-32-21-10-7-19(8-11-21)24(29)22-23(26-17(3)12-14-33-26)28(27(31)25(22)30)20-9-6-16(2)18(4)15-20/h6-12,14-15,23,29H,5,13H2,1-4H3/b24-22-. The number of aliphatic hydroxyl groups is 1. The van der Waals surface area contributed by atoms with Crippen LogP contribution in [0.5, 0.6) is 5.75 Å². The van der Waals surface area contributed by atoms with Crippen molar-refractivity contribution in [3.05, 3.63) is 86.6 Å². The fraction of sp³-hybridized carbons (Fsp3) is 0.259. The van der Waals surface area contributed by atoms with Crippen LogP contribution in [-0.2, 0) is 9.59 Å². The average Bonchev–Trinajstić information content (AvgIpc) is 3.34. The van der Waals surface area contributed by atoms with E-state index in [-0.39, 0.29) is 11.3 Å². The number of Topliss-reactive ketones (excluding diaryl/α,β-unsaturated/α-hetero) is 1. The van der Waals surface area contributed by atoms with Crippen LogP contribution in [0.15, 0.2) is 59.5 Å². The summed E-state index contributed by atoms with van der Waals surface area (Å²) in [6.07, 6.45) is 0.893. The fourth-order valence-corrected chi connectivity index (χ4v) is 5.00. The zero-order chi connectivity index (χ0) is 23.7. The van der Waals surface area contributed by atoms with Gasteiger partial charge in [-0.2, -0.15) is 0 Å². The van der Waals surface area contributed by atoms with Crippen LogP contribution in [0.1, 0.15) is 46.5 Å².